The van der Waals surface area contributed by atoms with E-state index >= 15 is 0 Å². The Balaban J connectivity index is 2.12. The topological polar surface area (TPSA) is 58.6 Å². The summed E-state index contributed by atoms with van der Waals surface area (Å²) < 4.78 is 5.09. The van der Waals surface area contributed by atoms with E-state index in [-0.39, 0.29) is 5.97 Å². The number of nitrogens with one attached hydrogen (secondary N) is 1. The highest BCUT2D eigenvalue weighted by atomic mass is 16.6. The molecule has 90 valence electrons. The summed E-state index contributed by atoms with van der Waals surface area (Å²) in [5.74, 6) is 0.289. The molecule has 2 fully saturated rings. The second-order valence-electron chi connectivity index (χ2n) is 5.21. The molecule has 16 heavy (non-hydrogen) atoms. The normalized spacial score (nSPS) is 36.8. The van der Waals surface area contributed by atoms with Gasteiger partial charge in [0.15, 0.2) is 0 Å². The number of carbonyl (C=O) groups is 1. The van der Waals surface area contributed by atoms with Gasteiger partial charge in [0.1, 0.15) is 5.54 Å². The van der Waals surface area contributed by atoms with Crippen LogP contribution in [0.15, 0.2) is 0 Å². The van der Waals surface area contributed by atoms with Crippen LogP contribution in [0.5, 0.6) is 0 Å². The predicted octanol–water partition coefficient (Wildman–Crippen LogP) is 0.952. The molecule has 0 aromatic carbocycles. The SMILES string of the molecule is C[C@H]1CCN[C@@]2(CCCCB(O)OC2=O)C1. The largest absolute Gasteiger partial charge is 0.524 e. The average Bonchev–Trinajstić information content (AvgIpc) is 2.23. The first-order valence-electron chi connectivity index (χ1n) is 6.26. The molecule has 0 amide bonds. The first-order chi connectivity index (χ1) is 7.62. The third-order valence-electron chi connectivity index (χ3n) is 3.74. The first-order valence-corrected chi connectivity index (χ1v) is 6.26. The lowest BCUT2D eigenvalue weighted by Gasteiger charge is -2.40. The van der Waals surface area contributed by atoms with E-state index in [9.17, 15) is 9.82 Å². The van der Waals surface area contributed by atoms with Gasteiger partial charge in [-0.1, -0.05) is 19.8 Å². The smallest absolute Gasteiger partial charge is 0.508 e. The van der Waals surface area contributed by atoms with E-state index in [4.69, 9.17) is 4.65 Å². The van der Waals surface area contributed by atoms with Crippen LogP contribution in [0.3, 0.4) is 0 Å². The van der Waals surface area contributed by atoms with Gasteiger partial charge >= 0.3 is 13.1 Å². The van der Waals surface area contributed by atoms with Crippen LogP contribution >= 0.6 is 0 Å². The molecule has 2 aliphatic heterocycles. The molecule has 0 saturated carbocycles. The van der Waals surface area contributed by atoms with Crippen LogP contribution < -0.4 is 5.32 Å². The number of hydrogen-bond donors (Lipinski definition) is 2. The molecule has 0 aliphatic carbocycles. The lowest BCUT2D eigenvalue weighted by molar-refractivity contribution is -0.146. The Bertz CT molecular complexity index is 274. The maximum absolute atomic E-state index is 12.1. The van der Waals surface area contributed by atoms with E-state index < -0.39 is 12.7 Å². The molecule has 4 nitrogen and oxygen atoms in total. The molecule has 2 rings (SSSR count). The Labute approximate surface area is 96.9 Å². The van der Waals surface area contributed by atoms with Gasteiger partial charge in [0.2, 0.25) is 0 Å². The minimum absolute atomic E-state index is 0.258. The highest BCUT2D eigenvalue weighted by molar-refractivity contribution is 6.45. The summed E-state index contributed by atoms with van der Waals surface area (Å²) in [6.07, 6.45) is 5.24. The van der Waals surface area contributed by atoms with Gasteiger partial charge in [-0.05, 0) is 38.0 Å². The van der Waals surface area contributed by atoms with Gasteiger partial charge in [0.05, 0.1) is 0 Å². The van der Waals surface area contributed by atoms with Crippen LogP contribution in [-0.2, 0) is 9.45 Å². The number of hydrogen-bond acceptors (Lipinski definition) is 4. The van der Waals surface area contributed by atoms with Crippen LogP contribution in [0.2, 0.25) is 6.32 Å². The van der Waals surface area contributed by atoms with Gasteiger partial charge < -0.3 is 15.0 Å². The fourth-order valence-corrected chi connectivity index (χ4v) is 2.82. The van der Waals surface area contributed by atoms with Crippen molar-refractivity contribution in [3.63, 3.8) is 0 Å². The van der Waals surface area contributed by atoms with Crippen molar-refractivity contribution in [2.24, 2.45) is 5.92 Å². The predicted molar refractivity (Wildman–Crippen MR) is 61.9 cm³/mol. The molecule has 2 heterocycles. The monoisotopic (exact) mass is 225 g/mol. The van der Waals surface area contributed by atoms with Crippen LogP contribution in [0.4, 0.5) is 0 Å². The zero-order chi connectivity index (χ0) is 11.6. The third kappa shape index (κ3) is 2.41. The molecular weight excluding hydrogens is 205 g/mol. The van der Waals surface area contributed by atoms with Crippen molar-refractivity contribution in [1.29, 1.82) is 0 Å². The molecule has 2 atom stereocenters. The Morgan fingerprint density at radius 1 is 1.56 bits per heavy atom. The van der Waals surface area contributed by atoms with Gasteiger partial charge in [-0.25, -0.2) is 0 Å². The summed E-state index contributed by atoms with van der Waals surface area (Å²) in [6.45, 7) is 3.04. The maximum atomic E-state index is 12.1. The first kappa shape index (κ1) is 11.9. The zero-order valence-electron chi connectivity index (χ0n) is 9.87. The van der Waals surface area contributed by atoms with Gasteiger partial charge in [0, 0.05) is 0 Å². The van der Waals surface area contributed by atoms with Gasteiger partial charge in [0.25, 0.3) is 0 Å². The van der Waals surface area contributed by atoms with E-state index in [2.05, 4.69) is 12.2 Å². The fourth-order valence-electron chi connectivity index (χ4n) is 2.82. The van der Waals surface area contributed by atoms with Crippen molar-refractivity contribution in [1.82, 2.24) is 5.32 Å². The molecule has 2 N–H and O–H groups in total. The summed E-state index contributed by atoms with van der Waals surface area (Å²) in [7, 11) is -0.913. The third-order valence-corrected chi connectivity index (χ3v) is 3.74. The summed E-state index contributed by atoms with van der Waals surface area (Å²) in [4.78, 5) is 12.1. The Hall–Kier alpha value is -0.545. The quantitative estimate of drug-likeness (QED) is 0.602. The van der Waals surface area contributed by atoms with Crippen molar-refractivity contribution in [2.75, 3.05) is 6.54 Å². The molecule has 0 aromatic rings. The number of rotatable bonds is 0. The second-order valence-corrected chi connectivity index (χ2v) is 5.21. The van der Waals surface area contributed by atoms with Crippen molar-refractivity contribution >= 4 is 13.1 Å². The Morgan fingerprint density at radius 3 is 3.12 bits per heavy atom. The number of carbonyl (C=O) groups excluding carboxylic acids is 1. The van der Waals surface area contributed by atoms with Gasteiger partial charge in [-0.2, -0.15) is 0 Å². The molecule has 0 radical (unpaired) electrons. The molecule has 0 bridgehead atoms. The molecule has 2 aliphatic rings. The van der Waals surface area contributed by atoms with Gasteiger partial charge in [-0.3, -0.25) is 4.79 Å². The summed E-state index contributed by atoms with van der Waals surface area (Å²) in [5.41, 5.74) is -0.529. The van der Waals surface area contributed by atoms with E-state index in [0.717, 1.165) is 38.6 Å². The van der Waals surface area contributed by atoms with Crippen molar-refractivity contribution < 1.29 is 14.5 Å². The molecule has 2 saturated heterocycles. The molecule has 0 unspecified atom stereocenters. The Kier molecular flexibility index (Phi) is 3.55. The summed E-state index contributed by atoms with van der Waals surface area (Å²) in [6, 6.07) is 0. The van der Waals surface area contributed by atoms with Crippen LogP contribution in [0.1, 0.15) is 39.0 Å². The van der Waals surface area contributed by atoms with Crippen molar-refractivity contribution in [2.45, 2.75) is 50.9 Å². The lowest BCUT2D eigenvalue weighted by atomic mass is 9.74. The average molecular weight is 225 g/mol. The van der Waals surface area contributed by atoms with Crippen molar-refractivity contribution in [3.05, 3.63) is 0 Å². The molecular formula is C11H20BNO3. The fraction of sp³-hybridized carbons (Fsp3) is 0.909. The Morgan fingerprint density at radius 2 is 2.38 bits per heavy atom. The van der Waals surface area contributed by atoms with E-state index in [1.165, 1.54) is 0 Å². The standard InChI is InChI=1S/C11H20BNO3/c1-9-4-7-13-11(8-9)5-2-3-6-12(15)16-10(11)14/h9,13,15H,2-8H2,1H3/t9-,11-/m0/s1. The van der Waals surface area contributed by atoms with Crippen LogP contribution in [0.25, 0.3) is 0 Å². The molecule has 1 spiro atoms. The van der Waals surface area contributed by atoms with Crippen LogP contribution in [0, 0.1) is 5.92 Å². The minimum Gasteiger partial charge on any atom is -0.508 e. The second kappa shape index (κ2) is 4.76. The zero-order valence-corrected chi connectivity index (χ0v) is 9.87. The number of piperidine rings is 1. The highest BCUT2D eigenvalue weighted by Crippen LogP contribution is 2.32. The summed E-state index contributed by atoms with van der Waals surface area (Å²) in [5, 5.41) is 12.8. The van der Waals surface area contributed by atoms with E-state index in [1.54, 1.807) is 0 Å². The lowest BCUT2D eigenvalue weighted by Crippen LogP contribution is -2.58. The molecule has 0 aromatic heterocycles. The highest BCUT2D eigenvalue weighted by Gasteiger charge is 2.44. The summed E-state index contributed by atoms with van der Waals surface area (Å²) >= 11 is 0. The van der Waals surface area contributed by atoms with E-state index in [0.29, 0.717) is 12.2 Å². The minimum atomic E-state index is -0.913. The maximum Gasteiger partial charge on any atom is 0.524 e. The van der Waals surface area contributed by atoms with Crippen molar-refractivity contribution in [3.8, 4) is 0 Å². The van der Waals surface area contributed by atoms with Gasteiger partial charge in [-0.15, -0.1) is 0 Å². The van der Waals surface area contributed by atoms with Crippen LogP contribution in [-0.4, -0.2) is 30.2 Å². The molecule has 5 heteroatoms. The van der Waals surface area contributed by atoms with E-state index in [1.807, 2.05) is 0 Å².